The van der Waals surface area contributed by atoms with E-state index in [4.69, 9.17) is 0 Å². The molecule has 22 heavy (non-hydrogen) atoms. The minimum atomic E-state index is -3.76. The van der Waals surface area contributed by atoms with E-state index >= 15 is 0 Å². The molecule has 2 saturated heterocycles. The van der Waals surface area contributed by atoms with E-state index in [0.29, 0.717) is 6.54 Å². The first-order valence-corrected chi connectivity index (χ1v) is 9.05. The number of urea groups is 1. The van der Waals surface area contributed by atoms with Gasteiger partial charge in [0.1, 0.15) is 0 Å². The molecular formula is C16H22N2O3S. The molecule has 3 rings (SSSR count). The van der Waals surface area contributed by atoms with E-state index in [0.717, 1.165) is 22.7 Å². The van der Waals surface area contributed by atoms with Crippen molar-refractivity contribution in [1.29, 1.82) is 0 Å². The van der Waals surface area contributed by atoms with Crippen LogP contribution in [0.1, 0.15) is 32.3 Å². The highest BCUT2D eigenvalue weighted by atomic mass is 32.2. The molecule has 5 nitrogen and oxygen atoms in total. The average Bonchev–Trinajstić information content (AvgIpc) is 2.76. The minimum Gasteiger partial charge on any atom is -0.318 e. The van der Waals surface area contributed by atoms with E-state index in [-0.39, 0.29) is 28.9 Å². The fourth-order valence-electron chi connectivity index (χ4n) is 3.25. The number of sulfonamides is 1. The van der Waals surface area contributed by atoms with Crippen LogP contribution in [-0.2, 0) is 10.0 Å². The van der Waals surface area contributed by atoms with Crippen molar-refractivity contribution in [2.75, 3.05) is 13.1 Å². The fraction of sp³-hybridized carbons (Fsp3) is 0.562. The standard InChI is InChI=1S/C16H22N2O3S/c1-12-4-6-14(7-5-12)22(20,21)18-10-13-8-9-16(2,3)11-17(13)15(18)19/h4-7,13H,8-11H2,1-3H3. The highest BCUT2D eigenvalue weighted by Gasteiger charge is 2.47. The first-order valence-electron chi connectivity index (χ1n) is 7.61. The summed E-state index contributed by atoms with van der Waals surface area (Å²) in [7, 11) is -3.76. The highest BCUT2D eigenvalue weighted by molar-refractivity contribution is 7.89. The van der Waals surface area contributed by atoms with Crippen molar-refractivity contribution in [1.82, 2.24) is 9.21 Å². The number of aryl methyl sites for hydroxylation is 1. The Balaban J connectivity index is 1.90. The lowest BCUT2D eigenvalue weighted by atomic mass is 9.82. The number of nitrogens with zero attached hydrogens (tertiary/aromatic N) is 2. The van der Waals surface area contributed by atoms with Gasteiger partial charge in [-0.15, -0.1) is 0 Å². The van der Waals surface area contributed by atoms with Gasteiger partial charge in [-0.2, -0.15) is 0 Å². The number of hydrogen-bond acceptors (Lipinski definition) is 3. The van der Waals surface area contributed by atoms with Crippen LogP contribution < -0.4 is 0 Å². The lowest BCUT2D eigenvalue weighted by Crippen LogP contribution is -2.46. The molecule has 2 aliphatic rings. The van der Waals surface area contributed by atoms with E-state index in [1.807, 2.05) is 6.92 Å². The SMILES string of the molecule is Cc1ccc(S(=O)(=O)N2CC3CCC(C)(C)CN3C2=O)cc1. The lowest BCUT2D eigenvalue weighted by Gasteiger charge is -2.38. The molecule has 0 N–H and O–H groups in total. The summed E-state index contributed by atoms with van der Waals surface area (Å²) in [4.78, 5) is 14.5. The summed E-state index contributed by atoms with van der Waals surface area (Å²) in [6, 6.07) is 6.28. The van der Waals surface area contributed by atoms with Gasteiger partial charge in [0.2, 0.25) is 0 Å². The van der Waals surface area contributed by atoms with Crippen molar-refractivity contribution in [3.8, 4) is 0 Å². The van der Waals surface area contributed by atoms with E-state index in [1.165, 1.54) is 0 Å². The van der Waals surface area contributed by atoms with Crippen molar-refractivity contribution in [3.05, 3.63) is 29.8 Å². The van der Waals surface area contributed by atoms with Crippen molar-refractivity contribution in [2.45, 2.75) is 44.6 Å². The molecule has 0 saturated carbocycles. The normalized spacial score (nSPS) is 24.5. The summed E-state index contributed by atoms with van der Waals surface area (Å²) < 4.78 is 26.5. The zero-order valence-electron chi connectivity index (χ0n) is 13.2. The summed E-state index contributed by atoms with van der Waals surface area (Å²) in [5.74, 6) is 0. The molecule has 2 fully saturated rings. The fourth-order valence-corrected chi connectivity index (χ4v) is 4.66. The second-order valence-electron chi connectivity index (χ2n) is 7.12. The molecule has 2 heterocycles. The summed E-state index contributed by atoms with van der Waals surface area (Å²) in [6.07, 6.45) is 1.87. The Hall–Kier alpha value is -1.56. The molecule has 0 spiro atoms. The smallest absolute Gasteiger partial charge is 0.318 e. The molecule has 1 aromatic carbocycles. The van der Waals surface area contributed by atoms with Crippen LogP contribution in [0.2, 0.25) is 0 Å². The minimum absolute atomic E-state index is 0.0146. The van der Waals surface area contributed by atoms with Crippen LogP contribution in [0.15, 0.2) is 29.2 Å². The van der Waals surface area contributed by atoms with Crippen molar-refractivity contribution in [2.24, 2.45) is 5.41 Å². The Bertz CT molecular complexity index is 695. The van der Waals surface area contributed by atoms with Gasteiger partial charge in [-0.05, 0) is 37.3 Å². The van der Waals surface area contributed by atoms with Gasteiger partial charge in [0, 0.05) is 6.54 Å². The summed E-state index contributed by atoms with van der Waals surface area (Å²) in [6.45, 7) is 7.03. The maximum atomic E-state index is 12.7. The van der Waals surface area contributed by atoms with Gasteiger partial charge in [0.25, 0.3) is 10.0 Å². The number of carbonyl (C=O) groups is 1. The second kappa shape index (κ2) is 4.98. The van der Waals surface area contributed by atoms with E-state index < -0.39 is 10.0 Å². The number of hydrogen-bond donors (Lipinski definition) is 0. The van der Waals surface area contributed by atoms with Crippen LogP contribution in [0.4, 0.5) is 4.79 Å². The van der Waals surface area contributed by atoms with Crippen LogP contribution in [-0.4, -0.2) is 42.8 Å². The van der Waals surface area contributed by atoms with E-state index in [9.17, 15) is 13.2 Å². The van der Waals surface area contributed by atoms with Gasteiger partial charge < -0.3 is 4.90 Å². The van der Waals surface area contributed by atoms with Gasteiger partial charge in [-0.3, -0.25) is 0 Å². The molecule has 0 aliphatic carbocycles. The highest BCUT2D eigenvalue weighted by Crippen LogP contribution is 2.37. The Kier molecular flexibility index (Phi) is 3.47. The van der Waals surface area contributed by atoms with E-state index in [2.05, 4.69) is 13.8 Å². The lowest BCUT2D eigenvalue weighted by molar-refractivity contribution is 0.114. The van der Waals surface area contributed by atoms with Crippen LogP contribution in [0.5, 0.6) is 0 Å². The third-order valence-corrected chi connectivity index (χ3v) is 6.39. The molecule has 2 aliphatic heterocycles. The Labute approximate surface area is 132 Å². The van der Waals surface area contributed by atoms with Gasteiger partial charge in [-0.1, -0.05) is 31.5 Å². The number of piperidine rings is 1. The first-order chi connectivity index (χ1) is 10.2. The predicted octanol–water partition coefficient (Wildman–Crippen LogP) is 2.61. The maximum absolute atomic E-state index is 12.7. The Morgan fingerprint density at radius 1 is 1.18 bits per heavy atom. The van der Waals surface area contributed by atoms with Gasteiger partial charge in [0.15, 0.2) is 0 Å². The molecule has 0 bridgehead atoms. The number of carbonyl (C=O) groups excluding carboxylic acids is 1. The van der Waals surface area contributed by atoms with Gasteiger partial charge >= 0.3 is 6.03 Å². The topological polar surface area (TPSA) is 57.7 Å². The van der Waals surface area contributed by atoms with Crippen molar-refractivity contribution < 1.29 is 13.2 Å². The first kappa shape index (κ1) is 15.3. The quantitative estimate of drug-likeness (QED) is 0.841. The molecule has 120 valence electrons. The number of fused-ring (bicyclic) bond motifs is 1. The Morgan fingerprint density at radius 2 is 1.82 bits per heavy atom. The van der Waals surface area contributed by atoms with Gasteiger partial charge in [0.05, 0.1) is 17.5 Å². The second-order valence-corrected chi connectivity index (χ2v) is 8.98. The summed E-state index contributed by atoms with van der Waals surface area (Å²) >= 11 is 0. The third-order valence-electron chi connectivity index (χ3n) is 4.64. The van der Waals surface area contributed by atoms with Crippen LogP contribution in [0.25, 0.3) is 0 Å². The molecule has 1 unspecified atom stereocenters. The number of amides is 2. The largest absolute Gasteiger partial charge is 0.334 e. The zero-order chi connectivity index (χ0) is 16.1. The molecule has 1 aromatic rings. The predicted molar refractivity (Wildman–Crippen MR) is 84.0 cm³/mol. The number of benzene rings is 1. The molecule has 2 amide bonds. The molecule has 0 aromatic heterocycles. The van der Waals surface area contributed by atoms with Crippen LogP contribution in [0.3, 0.4) is 0 Å². The van der Waals surface area contributed by atoms with E-state index in [1.54, 1.807) is 29.2 Å². The molecular weight excluding hydrogens is 300 g/mol. The Morgan fingerprint density at radius 3 is 2.45 bits per heavy atom. The van der Waals surface area contributed by atoms with Gasteiger partial charge in [-0.25, -0.2) is 17.5 Å². The molecule has 6 heteroatoms. The third kappa shape index (κ3) is 2.49. The monoisotopic (exact) mass is 322 g/mol. The molecule has 0 radical (unpaired) electrons. The average molecular weight is 322 g/mol. The molecule has 1 atom stereocenters. The maximum Gasteiger partial charge on any atom is 0.334 e. The van der Waals surface area contributed by atoms with Crippen LogP contribution >= 0.6 is 0 Å². The summed E-state index contributed by atoms with van der Waals surface area (Å²) in [5, 5.41) is 0. The van der Waals surface area contributed by atoms with Crippen molar-refractivity contribution >= 4 is 16.1 Å². The van der Waals surface area contributed by atoms with Crippen molar-refractivity contribution in [3.63, 3.8) is 0 Å². The van der Waals surface area contributed by atoms with Crippen LogP contribution in [0, 0.1) is 12.3 Å². The zero-order valence-corrected chi connectivity index (χ0v) is 14.1. The summed E-state index contributed by atoms with van der Waals surface area (Å²) in [5.41, 5.74) is 1.04. The number of rotatable bonds is 2.